The van der Waals surface area contributed by atoms with Crippen molar-refractivity contribution in [2.45, 2.75) is 0 Å². The molecule has 6 nitrogen and oxygen atoms in total. The van der Waals surface area contributed by atoms with Crippen LogP contribution in [0.3, 0.4) is 0 Å². The number of hydrogen-bond acceptors (Lipinski definition) is 5. The summed E-state index contributed by atoms with van der Waals surface area (Å²) in [6, 6.07) is 16.4. The number of rotatable bonds is 3. The zero-order valence-electron chi connectivity index (χ0n) is 12.9. The number of fused-ring (bicyclic) bond motifs is 1. The molecular formula is C18H12FN5O. The molecule has 2 aromatic carbocycles. The molecule has 122 valence electrons. The number of anilines is 2. The molecule has 0 amide bonds. The van der Waals surface area contributed by atoms with Crippen molar-refractivity contribution in [3.63, 3.8) is 0 Å². The largest absolute Gasteiger partial charge is 0.308 e. The van der Waals surface area contributed by atoms with E-state index < -0.39 is 5.82 Å². The number of nitrogens with one attached hydrogen (secondary N) is 1. The third-order valence-electron chi connectivity index (χ3n) is 3.66. The Labute approximate surface area is 141 Å². The molecule has 1 N–H and O–H groups in total. The molecule has 4 rings (SSSR count). The number of para-hydroxylation sites is 1. The molecule has 2 aromatic heterocycles. The van der Waals surface area contributed by atoms with Crippen LogP contribution in [0.15, 0.2) is 71.7 Å². The van der Waals surface area contributed by atoms with E-state index in [0.717, 1.165) is 0 Å². The van der Waals surface area contributed by atoms with E-state index in [9.17, 15) is 9.18 Å². The molecular weight excluding hydrogens is 321 g/mol. The maximum atomic E-state index is 13.6. The minimum absolute atomic E-state index is 0.202. The smallest absolute Gasteiger partial charge is 0.267 e. The van der Waals surface area contributed by atoms with Crippen LogP contribution < -0.4 is 10.9 Å². The minimum Gasteiger partial charge on any atom is -0.308 e. The first-order valence-electron chi connectivity index (χ1n) is 7.55. The van der Waals surface area contributed by atoms with Gasteiger partial charge in [0.2, 0.25) is 5.95 Å². The summed E-state index contributed by atoms with van der Waals surface area (Å²) in [5, 5.41) is 11.0. The maximum Gasteiger partial charge on any atom is 0.267 e. The van der Waals surface area contributed by atoms with Gasteiger partial charge in [0.1, 0.15) is 5.82 Å². The third-order valence-corrected chi connectivity index (χ3v) is 3.66. The first-order chi connectivity index (χ1) is 12.2. The first kappa shape index (κ1) is 14.9. The van der Waals surface area contributed by atoms with E-state index in [1.807, 2.05) is 18.2 Å². The Morgan fingerprint density at radius 1 is 1.00 bits per heavy atom. The Morgan fingerprint density at radius 2 is 1.84 bits per heavy atom. The molecule has 0 aliphatic carbocycles. The van der Waals surface area contributed by atoms with E-state index in [1.54, 1.807) is 30.5 Å². The Kier molecular flexibility index (Phi) is 3.66. The van der Waals surface area contributed by atoms with Gasteiger partial charge in [-0.25, -0.2) is 13.9 Å². The normalized spacial score (nSPS) is 10.8. The van der Waals surface area contributed by atoms with Gasteiger partial charge in [-0.1, -0.05) is 18.2 Å². The van der Waals surface area contributed by atoms with E-state index in [1.165, 1.54) is 22.8 Å². The van der Waals surface area contributed by atoms with E-state index >= 15 is 0 Å². The van der Waals surface area contributed by atoms with Crippen molar-refractivity contribution in [3.05, 3.63) is 83.0 Å². The van der Waals surface area contributed by atoms with Gasteiger partial charge in [0, 0.05) is 6.20 Å². The summed E-state index contributed by atoms with van der Waals surface area (Å²) in [6.45, 7) is 0. The fraction of sp³-hybridized carbons (Fsp3) is 0. The van der Waals surface area contributed by atoms with Crippen LogP contribution in [-0.4, -0.2) is 19.7 Å². The van der Waals surface area contributed by atoms with Gasteiger partial charge in [0.05, 0.1) is 16.6 Å². The number of hydrogen-bond donors (Lipinski definition) is 1. The van der Waals surface area contributed by atoms with E-state index in [2.05, 4.69) is 20.5 Å². The van der Waals surface area contributed by atoms with Crippen LogP contribution >= 0.6 is 0 Å². The highest BCUT2D eigenvalue weighted by atomic mass is 19.1. The second-order valence-electron chi connectivity index (χ2n) is 5.31. The number of nitrogens with zero attached hydrogens (tertiary/aromatic N) is 4. The fourth-order valence-corrected chi connectivity index (χ4v) is 2.54. The third kappa shape index (κ3) is 2.83. The molecule has 0 spiro atoms. The first-order valence-corrected chi connectivity index (χ1v) is 7.55. The molecule has 7 heteroatoms. The zero-order valence-corrected chi connectivity index (χ0v) is 12.9. The summed E-state index contributed by atoms with van der Waals surface area (Å²) in [4.78, 5) is 17.4. The fourth-order valence-electron chi connectivity index (χ4n) is 2.54. The van der Waals surface area contributed by atoms with E-state index in [0.29, 0.717) is 17.0 Å². The molecule has 4 aromatic rings. The van der Waals surface area contributed by atoms with Crippen molar-refractivity contribution in [2.75, 3.05) is 5.32 Å². The number of benzene rings is 2. The standard InChI is InChI=1S/C18H12FN5O/c19-12-8-9-15-14(11-12)17(25)24(13-5-2-1-3-6-13)18(21-15)22-16-7-4-10-20-23-16/h1-11H,(H,21,22,23). The van der Waals surface area contributed by atoms with Crippen molar-refractivity contribution in [1.82, 2.24) is 19.7 Å². The molecule has 2 heterocycles. The molecule has 0 atom stereocenters. The molecule has 0 radical (unpaired) electrons. The Balaban J connectivity index is 1.99. The predicted molar refractivity (Wildman–Crippen MR) is 92.6 cm³/mol. The highest BCUT2D eigenvalue weighted by Crippen LogP contribution is 2.19. The van der Waals surface area contributed by atoms with Gasteiger partial charge in [-0.05, 0) is 42.5 Å². The van der Waals surface area contributed by atoms with Crippen LogP contribution in [0.25, 0.3) is 16.6 Å². The lowest BCUT2D eigenvalue weighted by Gasteiger charge is -2.14. The van der Waals surface area contributed by atoms with Crippen LogP contribution in [-0.2, 0) is 0 Å². The van der Waals surface area contributed by atoms with Gasteiger partial charge in [-0.3, -0.25) is 4.79 Å². The van der Waals surface area contributed by atoms with Crippen molar-refractivity contribution < 1.29 is 4.39 Å². The second kappa shape index (κ2) is 6.12. The van der Waals surface area contributed by atoms with E-state index in [4.69, 9.17) is 0 Å². The summed E-state index contributed by atoms with van der Waals surface area (Å²) in [7, 11) is 0. The monoisotopic (exact) mass is 333 g/mol. The number of halogens is 1. The quantitative estimate of drug-likeness (QED) is 0.624. The lowest BCUT2D eigenvalue weighted by molar-refractivity contribution is 0.629. The van der Waals surface area contributed by atoms with Gasteiger partial charge < -0.3 is 5.32 Å². The Bertz CT molecular complexity index is 1100. The van der Waals surface area contributed by atoms with E-state index in [-0.39, 0.29) is 16.9 Å². The molecule has 0 fully saturated rings. The molecule has 0 aliphatic rings. The zero-order chi connectivity index (χ0) is 17.2. The molecule has 0 aliphatic heterocycles. The summed E-state index contributed by atoms with van der Waals surface area (Å²) < 4.78 is 15.0. The minimum atomic E-state index is -0.486. The predicted octanol–water partition coefficient (Wildman–Crippen LogP) is 3.06. The maximum absolute atomic E-state index is 13.6. The van der Waals surface area contributed by atoms with Gasteiger partial charge in [-0.2, -0.15) is 5.10 Å². The summed E-state index contributed by atoms with van der Waals surface area (Å²) in [6.07, 6.45) is 1.55. The highest BCUT2D eigenvalue weighted by molar-refractivity contribution is 5.79. The van der Waals surface area contributed by atoms with Crippen molar-refractivity contribution in [3.8, 4) is 5.69 Å². The molecule has 25 heavy (non-hydrogen) atoms. The van der Waals surface area contributed by atoms with Gasteiger partial charge in [0.25, 0.3) is 5.56 Å². The lowest BCUT2D eigenvalue weighted by Crippen LogP contribution is -2.23. The Morgan fingerprint density at radius 3 is 2.60 bits per heavy atom. The Hall–Kier alpha value is -3.61. The van der Waals surface area contributed by atoms with Gasteiger partial charge >= 0.3 is 0 Å². The average Bonchev–Trinajstić information content (AvgIpc) is 2.64. The number of aromatic nitrogens is 4. The van der Waals surface area contributed by atoms with Crippen LogP contribution in [0.4, 0.5) is 16.2 Å². The van der Waals surface area contributed by atoms with Crippen molar-refractivity contribution in [2.24, 2.45) is 0 Å². The molecule has 0 bridgehead atoms. The van der Waals surface area contributed by atoms with Gasteiger partial charge in [0.15, 0.2) is 5.82 Å². The second-order valence-corrected chi connectivity index (χ2v) is 5.31. The topological polar surface area (TPSA) is 72.7 Å². The van der Waals surface area contributed by atoms with Crippen molar-refractivity contribution in [1.29, 1.82) is 0 Å². The van der Waals surface area contributed by atoms with Crippen molar-refractivity contribution >= 4 is 22.7 Å². The lowest BCUT2D eigenvalue weighted by atomic mass is 10.2. The van der Waals surface area contributed by atoms with Gasteiger partial charge in [-0.15, -0.1) is 5.10 Å². The van der Waals surface area contributed by atoms with Crippen LogP contribution in [0.1, 0.15) is 0 Å². The molecule has 0 unspecified atom stereocenters. The molecule has 0 saturated carbocycles. The molecule has 0 saturated heterocycles. The summed E-state index contributed by atoms with van der Waals surface area (Å²) in [5.74, 6) is 0.233. The summed E-state index contributed by atoms with van der Waals surface area (Å²) >= 11 is 0. The van der Waals surface area contributed by atoms with Crippen LogP contribution in [0, 0.1) is 5.82 Å². The van der Waals surface area contributed by atoms with Crippen LogP contribution in [0.5, 0.6) is 0 Å². The van der Waals surface area contributed by atoms with Crippen LogP contribution in [0.2, 0.25) is 0 Å². The SMILES string of the molecule is O=c1c2cc(F)ccc2nc(Nc2cccnn2)n1-c1ccccc1. The highest BCUT2D eigenvalue weighted by Gasteiger charge is 2.14. The average molecular weight is 333 g/mol. The summed E-state index contributed by atoms with van der Waals surface area (Å²) in [5.41, 5.74) is 0.629.